The first-order valence-corrected chi connectivity index (χ1v) is 10.6. The Morgan fingerprint density at radius 2 is 0.659 bits per heavy atom. The van der Waals surface area contributed by atoms with Gasteiger partial charge in [-0.3, -0.25) is 0 Å². The summed E-state index contributed by atoms with van der Waals surface area (Å²) < 4.78 is 245. The molecule has 0 amide bonds. The third kappa shape index (κ3) is 7.54. The van der Waals surface area contributed by atoms with Crippen molar-refractivity contribution in [3.63, 3.8) is 0 Å². The number of rotatable bonds is 10. The van der Waals surface area contributed by atoms with Crippen LogP contribution in [0.15, 0.2) is 24.3 Å². The van der Waals surface area contributed by atoms with Crippen LogP contribution in [0.4, 0.5) is 79.0 Å². The van der Waals surface area contributed by atoms with Gasteiger partial charge in [0.2, 0.25) is 0 Å². The van der Waals surface area contributed by atoms with E-state index in [-0.39, 0.29) is 0 Å². The minimum atomic E-state index is -7.12. The first kappa shape index (κ1) is 38.8. The van der Waals surface area contributed by atoms with Crippen molar-refractivity contribution in [2.24, 2.45) is 0 Å². The molecule has 44 heavy (non-hydrogen) atoms. The van der Waals surface area contributed by atoms with Gasteiger partial charge in [-0.2, -0.15) is 79.0 Å². The largest absolute Gasteiger partial charge is 0.460 e. The van der Waals surface area contributed by atoms with Crippen LogP contribution in [-0.4, -0.2) is 86.6 Å². The minimum Gasteiger partial charge on any atom is -0.460 e. The molecule has 0 N–H and O–H groups in total. The molecular formula is C20H12F18O6. The number of alkyl halides is 18. The van der Waals surface area contributed by atoms with Gasteiger partial charge in [0.1, 0.15) is 13.2 Å². The lowest BCUT2D eigenvalue weighted by Gasteiger charge is -2.37. The van der Waals surface area contributed by atoms with E-state index in [9.17, 15) is 88.6 Å². The molecule has 0 bridgehead atoms. The average molecular weight is 690 g/mol. The maximum atomic E-state index is 12.8. The molecule has 24 heteroatoms. The van der Waals surface area contributed by atoms with E-state index in [2.05, 4.69) is 18.9 Å². The van der Waals surface area contributed by atoms with E-state index in [0.29, 0.717) is 12.1 Å². The Bertz CT molecular complexity index is 982. The number of hydrogen-bond acceptors (Lipinski definition) is 6. The first-order chi connectivity index (χ1) is 19.5. The molecule has 0 saturated carbocycles. The van der Waals surface area contributed by atoms with E-state index >= 15 is 0 Å². The van der Waals surface area contributed by atoms with Crippen molar-refractivity contribution in [3.05, 3.63) is 35.4 Å². The summed E-state index contributed by atoms with van der Waals surface area (Å²) in [6.45, 7) is -7.91. The molecule has 0 spiro atoms. The highest BCUT2D eigenvalue weighted by molar-refractivity contribution is 6.03. The lowest BCUT2D eigenvalue weighted by Crippen LogP contribution is -2.68. The Morgan fingerprint density at radius 1 is 0.432 bits per heavy atom. The van der Waals surface area contributed by atoms with Gasteiger partial charge in [0, 0.05) is 0 Å². The topological polar surface area (TPSA) is 71.1 Å². The second-order valence-corrected chi connectivity index (χ2v) is 7.86. The lowest BCUT2D eigenvalue weighted by atomic mass is 10.0. The van der Waals surface area contributed by atoms with Crippen LogP contribution in [0, 0.1) is 0 Å². The molecule has 0 aliphatic rings. The summed E-state index contributed by atoms with van der Waals surface area (Å²) in [4.78, 5) is 24.3. The molecule has 0 fully saturated rings. The van der Waals surface area contributed by atoms with E-state index in [1.165, 1.54) is 0 Å². The Morgan fingerprint density at radius 3 is 0.864 bits per heavy atom. The molecule has 0 atom stereocenters. The first-order valence-electron chi connectivity index (χ1n) is 10.6. The van der Waals surface area contributed by atoms with Crippen LogP contribution in [-0.2, 0) is 18.9 Å². The maximum absolute atomic E-state index is 12.8. The molecule has 0 unspecified atom stereocenters. The Hall–Kier alpha value is -3.18. The van der Waals surface area contributed by atoms with Crippen LogP contribution in [0.1, 0.15) is 20.7 Å². The number of ether oxygens (including phenoxy) is 4. The Labute approximate surface area is 230 Å². The zero-order valence-corrected chi connectivity index (χ0v) is 20.4. The quantitative estimate of drug-likeness (QED) is 0.152. The summed E-state index contributed by atoms with van der Waals surface area (Å²) >= 11 is 0. The predicted octanol–water partition coefficient (Wildman–Crippen LogP) is 6.88. The van der Waals surface area contributed by atoms with Crippen LogP contribution < -0.4 is 0 Å². The van der Waals surface area contributed by atoms with Crippen LogP contribution >= 0.6 is 0 Å². The second-order valence-electron chi connectivity index (χ2n) is 7.86. The standard InChI is InChI=1S/C20H12F18O6/c21-15(22,23)13(16(24,25)26,17(27,28)29)43-7-5-41-11(39)9-3-1-2-4-10(9)12(40)42-6-8-44-14(18(30,31)32,19(33,34)35)20(36,37)38/h1-4H,5-8H2. The van der Waals surface area contributed by atoms with Gasteiger partial charge in [0.15, 0.2) is 0 Å². The molecule has 0 aromatic heterocycles. The summed E-state index contributed by atoms with van der Waals surface area (Å²) in [6.07, 6.45) is -42.7. The van der Waals surface area contributed by atoms with Gasteiger partial charge in [-0.1, -0.05) is 12.1 Å². The summed E-state index contributed by atoms with van der Waals surface area (Å²) in [6, 6.07) is 2.98. The van der Waals surface area contributed by atoms with Gasteiger partial charge in [-0.15, -0.1) is 0 Å². The fraction of sp³-hybridized carbons (Fsp3) is 0.600. The second kappa shape index (κ2) is 12.7. The van der Waals surface area contributed by atoms with Crippen LogP contribution in [0.3, 0.4) is 0 Å². The van der Waals surface area contributed by atoms with Crippen molar-refractivity contribution in [1.82, 2.24) is 0 Å². The summed E-state index contributed by atoms with van der Waals surface area (Å²) in [5, 5.41) is 0. The molecule has 1 rings (SSSR count). The molecule has 1 aromatic carbocycles. The minimum absolute atomic E-state index is 0.601. The monoisotopic (exact) mass is 690 g/mol. The molecular weight excluding hydrogens is 678 g/mol. The number of carbonyl (C=O) groups excluding carboxylic acids is 2. The van der Waals surface area contributed by atoms with Gasteiger partial charge in [0.05, 0.1) is 24.3 Å². The molecule has 0 saturated heterocycles. The summed E-state index contributed by atoms with van der Waals surface area (Å²) in [5.74, 6) is -3.75. The highest BCUT2D eigenvalue weighted by atomic mass is 19.4. The van der Waals surface area contributed by atoms with E-state index in [1.807, 2.05) is 0 Å². The smallest absolute Gasteiger partial charge is 0.435 e. The van der Waals surface area contributed by atoms with Gasteiger partial charge in [-0.25, -0.2) is 9.59 Å². The van der Waals surface area contributed by atoms with Crippen molar-refractivity contribution in [2.45, 2.75) is 48.3 Å². The van der Waals surface area contributed by atoms with Gasteiger partial charge in [0.25, 0.3) is 0 Å². The summed E-state index contributed by atoms with van der Waals surface area (Å²) in [7, 11) is 0. The normalized spacial score (nSPS) is 14.4. The predicted molar refractivity (Wildman–Crippen MR) is 101 cm³/mol. The molecule has 0 aliphatic heterocycles. The molecule has 6 nitrogen and oxygen atoms in total. The van der Waals surface area contributed by atoms with Crippen LogP contribution in [0.5, 0.6) is 0 Å². The van der Waals surface area contributed by atoms with Crippen LogP contribution in [0.25, 0.3) is 0 Å². The van der Waals surface area contributed by atoms with E-state index in [0.717, 1.165) is 12.1 Å². The van der Waals surface area contributed by atoms with Gasteiger partial charge < -0.3 is 18.9 Å². The summed E-state index contributed by atoms with van der Waals surface area (Å²) in [5.41, 5.74) is -15.5. The number of carbonyl (C=O) groups is 2. The molecule has 1 aromatic rings. The Kier molecular flexibility index (Phi) is 11.2. The molecule has 0 aliphatic carbocycles. The Balaban J connectivity index is 3.01. The third-order valence-corrected chi connectivity index (χ3v) is 5.03. The average Bonchev–Trinajstić information content (AvgIpc) is 2.78. The maximum Gasteiger partial charge on any atom is 0.435 e. The highest BCUT2D eigenvalue weighted by Crippen LogP contribution is 2.56. The zero-order valence-electron chi connectivity index (χ0n) is 20.4. The van der Waals surface area contributed by atoms with Gasteiger partial charge >= 0.3 is 60.2 Å². The van der Waals surface area contributed by atoms with E-state index < -0.39 is 97.8 Å². The fourth-order valence-corrected chi connectivity index (χ4v) is 3.11. The number of benzene rings is 1. The van der Waals surface area contributed by atoms with Crippen molar-refractivity contribution in [2.75, 3.05) is 26.4 Å². The molecule has 0 radical (unpaired) electrons. The highest BCUT2D eigenvalue weighted by Gasteiger charge is 2.86. The number of esters is 2. The number of halogens is 18. The van der Waals surface area contributed by atoms with E-state index in [1.54, 1.807) is 0 Å². The van der Waals surface area contributed by atoms with E-state index in [4.69, 9.17) is 0 Å². The molecule has 254 valence electrons. The fourth-order valence-electron chi connectivity index (χ4n) is 3.11. The zero-order chi connectivity index (χ0) is 34.8. The van der Waals surface area contributed by atoms with Crippen molar-refractivity contribution in [3.8, 4) is 0 Å². The van der Waals surface area contributed by atoms with Crippen molar-refractivity contribution < 1.29 is 108 Å². The van der Waals surface area contributed by atoms with Crippen LogP contribution in [0.2, 0.25) is 0 Å². The lowest BCUT2D eigenvalue weighted by molar-refractivity contribution is -0.458. The van der Waals surface area contributed by atoms with Crippen molar-refractivity contribution in [1.29, 1.82) is 0 Å². The number of hydrogen-bond donors (Lipinski definition) is 0. The SMILES string of the molecule is O=C(OCCOC(C(F)(F)F)(C(F)(F)F)C(F)(F)F)c1ccccc1C(=O)OCCOC(C(F)(F)F)(C(F)(F)F)C(F)(F)F. The van der Waals surface area contributed by atoms with Gasteiger partial charge in [-0.05, 0) is 12.1 Å². The third-order valence-electron chi connectivity index (χ3n) is 5.03. The van der Waals surface area contributed by atoms with Crippen molar-refractivity contribution >= 4 is 11.9 Å². The molecule has 0 heterocycles.